The molecular weight excluding hydrogens is 398 g/mol. The first-order valence-corrected chi connectivity index (χ1v) is 11.2. The second-order valence-corrected chi connectivity index (χ2v) is 8.95. The van der Waals surface area contributed by atoms with Crippen molar-refractivity contribution in [3.8, 4) is 11.1 Å². The molecule has 3 heterocycles. The number of H-pyrrole nitrogens is 1. The lowest BCUT2D eigenvalue weighted by Crippen LogP contribution is -2.36. The molecule has 1 aliphatic heterocycles. The number of amides is 1. The monoisotopic (exact) mass is 423 g/mol. The van der Waals surface area contributed by atoms with E-state index >= 15 is 0 Å². The van der Waals surface area contributed by atoms with Crippen LogP contribution in [0.2, 0.25) is 0 Å². The van der Waals surface area contributed by atoms with Crippen molar-refractivity contribution in [1.29, 1.82) is 0 Å². The quantitative estimate of drug-likeness (QED) is 0.486. The summed E-state index contributed by atoms with van der Waals surface area (Å²) in [6.07, 6.45) is 7.00. The topological polar surface area (TPSA) is 73.9 Å². The Morgan fingerprint density at radius 2 is 1.88 bits per heavy atom. The lowest BCUT2D eigenvalue weighted by molar-refractivity contribution is 0.0927. The van der Waals surface area contributed by atoms with Gasteiger partial charge in [-0.15, -0.1) is 0 Å². The Hall–Kier alpha value is -3.51. The SMILES string of the molecule is O=C(NC1(c2ccccc2)CC1)c1n[nH]c2ccc(-c3cncc(CN4CCC4)c3)cc12. The van der Waals surface area contributed by atoms with Gasteiger partial charge < -0.3 is 5.32 Å². The summed E-state index contributed by atoms with van der Waals surface area (Å²) in [5.41, 5.74) is 5.48. The Morgan fingerprint density at radius 1 is 1.03 bits per heavy atom. The average Bonchev–Trinajstić information content (AvgIpc) is 3.46. The van der Waals surface area contributed by atoms with Crippen LogP contribution in [0, 0.1) is 0 Å². The fourth-order valence-corrected chi connectivity index (χ4v) is 4.54. The van der Waals surface area contributed by atoms with E-state index < -0.39 is 0 Å². The zero-order chi connectivity index (χ0) is 21.5. The Balaban J connectivity index is 1.29. The van der Waals surface area contributed by atoms with E-state index in [4.69, 9.17) is 0 Å². The molecule has 6 rings (SSSR count). The number of pyridine rings is 1. The number of nitrogens with one attached hydrogen (secondary N) is 2. The molecule has 0 radical (unpaired) electrons. The van der Waals surface area contributed by atoms with Crippen LogP contribution in [-0.4, -0.2) is 39.1 Å². The van der Waals surface area contributed by atoms with Gasteiger partial charge in [-0.1, -0.05) is 36.4 Å². The van der Waals surface area contributed by atoms with Crippen LogP contribution < -0.4 is 5.32 Å². The van der Waals surface area contributed by atoms with Gasteiger partial charge in [-0.05, 0) is 67.2 Å². The first kappa shape index (κ1) is 19.2. The standard InChI is InChI=1S/C26H25N5O/c32-25(28-26(9-10-26)21-5-2-1-3-6-21)24-22-14-19(7-8-23(22)29-30-24)20-13-18(15-27-16-20)17-31-11-4-12-31/h1-3,5-8,13-16H,4,9-12,17H2,(H,28,32)(H,29,30). The Bertz CT molecular complexity index is 1290. The maximum absolute atomic E-state index is 13.2. The Labute approximate surface area is 186 Å². The first-order valence-electron chi connectivity index (χ1n) is 11.2. The molecule has 2 N–H and O–H groups in total. The van der Waals surface area contributed by atoms with Gasteiger partial charge in [-0.25, -0.2) is 0 Å². The van der Waals surface area contributed by atoms with Crippen molar-refractivity contribution < 1.29 is 4.79 Å². The van der Waals surface area contributed by atoms with Gasteiger partial charge in [0.15, 0.2) is 5.69 Å². The number of benzene rings is 2. The van der Waals surface area contributed by atoms with Gasteiger partial charge in [0.1, 0.15) is 0 Å². The Morgan fingerprint density at radius 3 is 2.62 bits per heavy atom. The second-order valence-electron chi connectivity index (χ2n) is 8.95. The first-order chi connectivity index (χ1) is 15.7. The summed E-state index contributed by atoms with van der Waals surface area (Å²) < 4.78 is 0. The van der Waals surface area contributed by atoms with Crippen LogP contribution in [0.1, 0.15) is 40.9 Å². The highest BCUT2D eigenvalue weighted by atomic mass is 16.2. The number of likely N-dealkylation sites (tertiary alicyclic amines) is 1. The van der Waals surface area contributed by atoms with Crippen LogP contribution in [-0.2, 0) is 12.1 Å². The summed E-state index contributed by atoms with van der Waals surface area (Å²) in [6, 6.07) is 18.5. The van der Waals surface area contributed by atoms with Crippen molar-refractivity contribution >= 4 is 16.8 Å². The van der Waals surface area contributed by atoms with Gasteiger partial charge in [0.05, 0.1) is 11.1 Å². The minimum Gasteiger partial charge on any atom is -0.341 e. The van der Waals surface area contributed by atoms with Crippen molar-refractivity contribution in [2.24, 2.45) is 0 Å². The predicted molar refractivity (Wildman–Crippen MR) is 124 cm³/mol. The van der Waals surface area contributed by atoms with E-state index in [2.05, 4.69) is 49.7 Å². The molecule has 6 heteroatoms. The van der Waals surface area contributed by atoms with Crippen LogP contribution in [0.3, 0.4) is 0 Å². The lowest BCUT2D eigenvalue weighted by atomic mass is 10.0. The summed E-state index contributed by atoms with van der Waals surface area (Å²) in [6.45, 7) is 3.26. The third-order valence-electron chi connectivity index (χ3n) is 6.69. The summed E-state index contributed by atoms with van der Waals surface area (Å²) in [7, 11) is 0. The number of hydrogen-bond donors (Lipinski definition) is 2. The third-order valence-corrected chi connectivity index (χ3v) is 6.69. The van der Waals surface area contributed by atoms with E-state index in [9.17, 15) is 4.79 Å². The smallest absolute Gasteiger partial charge is 0.273 e. The molecule has 0 spiro atoms. The molecule has 32 heavy (non-hydrogen) atoms. The summed E-state index contributed by atoms with van der Waals surface area (Å²) in [5, 5.41) is 11.4. The van der Waals surface area contributed by atoms with Crippen LogP contribution in [0.25, 0.3) is 22.0 Å². The normalized spacial score (nSPS) is 17.1. The van der Waals surface area contributed by atoms with E-state index in [1.165, 1.54) is 12.0 Å². The highest BCUT2D eigenvalue weighted by Gasteiger charge is 2.46. The molecule has 1 saturated heterocycles. The number of carbonyl (C=O) groups is 1. The summed E-state index contributed by atoms with van der Waals surface area (Å²) in [4.78, 5) is 20.1. The maximum atomic E-state index is 13.2. The molecule has 2 aromatic carbocycles. The van der Waals surface area contributed by atoms with Crippen LogP contribution >= 0.6 is 0 Å². The van der Waals surface area contributed by atoms with E-state index in [0.29, 0.717) is 5.69 Å². The van der Waals surface area contributed by atoms with Gasteiger partial charge in [-0.2, -0.15) is 5.10 Å². The predicted octanol–water partition coefficient (Wildman–Crippen LogP) is 4.25. The number of carbonyl (C=O) groups excluding carboxylic acids is 1. The van der Waals surface area contributed by atoms with Gasteiger partial charge in [-0.3, -0.25) is 19.8 Å². The third kappa shape index (κ3) is 3.46. The highest BCUT2D eigenvalue weighted by Crippen LogP contribution is 2.45. The van der Waals surface area contributed by atoms with Crippen molar-refractivity contribution in [1.82, 2.24) is 25.4 Å². The van der Waals surface area contributed by atoms with E-state index in [-0.39, 0.29) is 11.4 Å². The molecule has 6 nitrogen and oxygen atoms in total. The van der Waals surface area contributed by atoms with Crippen molar-refractivity contribution in [2.45, 2.75) is 31.3 Å². The van der Waals surface area contributed by atoms with Gasteiger partial charge in [0.2, 0.25) is 0 Å². The molecule has 0 atom stereocenters. The number of aromatic amines is 1. The number of fused-ring (bicyclic) bond motifs is 1. The van der Waals surface area contributed by atoms with Gasteiger partial charge in [0, 0.05) is 29.9 Å². The van der Waals surface area contributed by atoms with Crippen molar-refractivity contribution in [3.63, 3.8) is 0 Å². The zero-order valence-corrected chi connectivity index (χ0v) is 17.8. The van der Waals surface area contributed by atoms with Gasteiger partial charge in [0.25, 0.3) is 5.91 Å². The maximum Gasteiger partial charge on any atom is 0.273 e. The zero-order valence-electron chi connectivity index (χ0n) is 17.8. The number of rotatable bonds is 6. The minimum absolute atomic E-state index is 0.139. The van der Waals surface area contributed by atoms with Crippen molar-refractivity contribution in [3.05, 3.63) is 83.8 Å². The molecule has 1 saturated carbocycles. The molecule has 160 valence electrons. The minimum atomic E-state index is -0.268. The van der Waals surface area contributed by atoms with Crippen LogP contribution in [0.5, 0.6) is 0 Å². The molecule has 2 fully saturated rings. The highest BCUT2D eigenvalue weighted by molar-refractivity contribution is 6.06. The van der Waals surface area contributed by atoms with E-state index in [1.54, 1.807) is 0 Å². The lowest BCUT2D eigenvalue weighted by Gasteiger charge is -2.30. The molecule has 0 bridgehead atoms. The fourth-order valence-electron chi connectivity index (χ4n) is 4.54. The molecule has 4 aromatic rings. The van der Waals surface area contributed by atoms with E-state index in [1.807, 2.05) is 42.7 Å². The summed E-state index contributed by atoms with van der Waals surface area (Å²) in [5.74, 6) is -0.139. The second kappa shape index (κ2) is 7.57. The molecule has 2 aromatic heterocycles. The fraction of sp³-hybridized carbons (Fsp3) is 0.269. The number of aromatic nitrogens is 3. The van der Waals surface area contributed by atoms with Gasteiger partial charge >= 0.3 is 0 Å². The summed E-state index contributed by atoms with van der Waals surface area (Å²) >= 11 is 0. The molecule has 1 amide bonds. The largest absolute Gasteiger partial charge is 0.341 e. The average molecular weight is 424 g/mol. The molecule has 0 unspecified atom stereocenters. The number of hydrogen-bond acceptors (Lipinski definition) is 4. The molecule has 1 aliphatic carbocycles. The van der Waals surface area contributed by atoms with Crippen LogP contribution in [0.15, 0.2) is 67.0 Å². The van der Waals surface area contributed by atoms with Crippen molar-refractivity contribution in [2.75, 3.05) is 13.1 Å². The van der Waals surface area contributed by atoms with E-state index in [0.717, 1.165) is 60.1 Å². The molecular formula is C26H25N5O. The van der Waals surface area contributed by atoms with Crippen LogP contribution in [0.4, 0.5) is 0 Å². The number of nitrogens with zero attached hydrogens (tertiary/aromatic N) is 3. The Kier molecular flexibility index (Phi) is 4.54. The molecule has 2 aliphatic rings.